The van der Waals surface area contributed by atoms with Crippen molar-refractivity contribution in [1.82, 2.24) is 34.6 Å². The average molecular weight is 1040 g/mol. The van der Waals surface area contributed by atoms with Crippen molar-refractivity contribution in [3.8, 4) is 5.75 Å². The first-order chi connectivity index (χ1) is 33.7. The number of benzene rings is 3. The van der Waals surface area contributed by atoms with Crippen LogP contribution in [0.1, 0.15) is 81.3 Å². The van der Waals surface area contributed by atoms with Crippen LogP contribution in [0.2, 0.25) is 0 Å². The topological polar surface area (TPSA) is 180 Å². The molecule has 1 atom stereocenters. The third kappa shape index (κ3) is 10.5. The van der Waals surface area contributed by atoms with Gasteiger partial charge in [-0.1, -0.05) is 26.0 Å². The number of aromatic nitrogens is 4. The fourth-order valence-corrected chi connectivity index (χ4v) is 12.3. The molecule has 0 saturated carbocycles. The second-order valence-electron chi connectivity index (χ2n) is 19.1. The van der Waals surface area contributed by atoms with Gasteiger partial charge in [-0.25, -0.2) is 9.78 Å². The van der Waals surface area contributed by atoms with Gasteiger partial charge in [-0.15, -0.1) is 0 Å². The zero-order chi connectivity index (χ0) is 49.3. The van der Waals surface area contributed by atoms with Crippen molar-refractivity contribution in [2.75, 3.05) is 81.3 Å². The summed E-state index contributed by atoms with van der Waals surface area (Å²) < 4.78 is 27.9. The standard InChI is InChI=1S/C52H64BrN10O6P/c1-7-33-29-41(57-51-54-31-38(53)49(59-51)56-40-15-14-39-37(48(40)70(5,6)67)13-12-35(8-2)55-39)45(68-9-3)30-43(33)62-21-18-36(19-22-62)61-25-23-60(24-26-61)20-10-11-34-27-32(4)28-44-47(34)69-52(66)63(44)42-16-17-46(64)58-50(42)65/h12-15,27-31,36,42H,7-11,16-26H2,1-6H3,(H,58,64,65)(H2,54,56,57,59). The quantitative estimate of drug-likeness (QED) is 0.0621. The second-order valence-corrected chi connectivity index (χ2v) is 23.1. The molecule has 70 heavy (non-hydrogen) atoms. The number of imide groups is 1. The van der Waals surface area contributed by atoms with Gasteiger partial charge in [-0.05, 0) is 142 Å². The Kier molecular flexibility index (Phi) is 14.8. The van der Waals surface area contributed by atoms with Gasteiger partial charge < -0.3 is 34.2 Å². The number of hydrogen-bond donors (Lipinski definition) is 3. The van der Waals surface area contributed by atoms with Crippen LogP contribution in [-0.4, -0.2) is 113 Å². The van der Waals surface area contributed by atoms with Gasteiger partial charge in [-0.2, -0.15) is 4.98 Å². The lowest BCUT2D eigenvalue weighted by atomic mass is 9.99. The van der Waals surface area contributed by atoms with Crippen LogP contribution in [0, 0.1) is 6.92 Å². The number of carbonyl (C=O) groups excluding carboxylic acids is 2. The van der Waals surface area contributed by atoms with Crippen LogP contribution in [-0.2, 0) is 33.4 Å². The normalized spacial score (nSPS) is 17.6. The van der Waals surface area contributed by atoms with Gasteiger partial charge >= 0.3 is 5.76 Å². The van der Waals surface area contributed by atoms with Crippen LogP contribution >= 0.6 is 23.1 Å². The number of amides is 2. The van der Waals surface area contributed by atoms with Crippen molar-refractivity contribution in [1.29, 1.82) is 0 Å². The number of carbonyl (C=O) groups is 2. The number of rotatable bonds is 16. The number of hydrogen-bond acceptors (Lipinski definition) is 14. The Morgan fingerprint density at radius 1 is 0.886 bits per heavy atom. The molecule has 3 aliphatic heterocycles. The molecule has 16 nitrogen and oxygen atoms in total. The number of halogens is 1. The predicted molar refractivity (Wildman–Crippen MR) is 282 cm³/mol. The fourth-order valence-electron chi connectivity index (χ4n) is 10.5. The van der Waals surface area contributed by atoms with E-state index in [1.807, 2.05) is 44.2 Å². The predicted octanol–water partition coefficient (Wildman–Crippen LogP) is 8.46. The van der Waals surface area contributed by atoms with E-state index in [9.17, 15) is 18.9 Å². The van der Waals surface area contributed by atoms with Crippen molar-refractivity contribution >= 4 is 91.0 Å². The SMILES string of the molecule is CCOc1cc(N2CCC(N3CCN(CCCc4cc(C)cc5c4oc(=O)n5C4CCC(=O)NC4=O)CC3)CC2)c(CC)cc1Nc1ncc(Br)c(Nc2ccc3nc(CC)ccc3c2P(C)(C)=O)n1. The lowest BCUT2D eigenvalue weighted by Gasteiger charge is -2.43. The van der Waals surface area contributed by atoms with Gasteiger partial charge in [0.25, 0.3) is 0 Å². The molecule has 3 saturated heterocycles. The number of fused-ring (bicyclic) bond motifs is 2. The molecule has 3 aliphatic rings. The molecular weight excluding hydrogens is 972 g/mol. The van der Waals surface area contributed by atoms with E-state index in [1.54, 1.807) is 19.5 Å². The van der Waals surface area contributed by atoms with Crippen LogP contribution in [0.25, 0.3) is 22.0 Å². The highest BCUT2D eigenvalue weighted by molar-refractivity contribution is 9.10. The Morgan fingerprint density at radius 2 is 1.67 bits per heavy atom. The molecule has 3 aromatic carbocycles. The fraction of sp³-hybridized carbons (Fsp3) is 0.462. The number of aryl methyl sites for hydroxylation is 4. The molecule has 1 unspecified atom stereocenters. The molecule has 9 rings (SSSR count). The summed E-state index contributed by atoms with van der Waals surface area (Å²) in [6.07, 6.45) is 7.70. The van der Waals surface area contributed by atoms with Gasteiger partial charge in [0.15, 0.2) is 5.58 Å². The number of piperidine rings is 2. The lowest BCUT2D eigenvalue weighted by Crippen LogP contribution is -2.53. The van der Waals surface area contributed by atoms with Crippen LogP contribution in [0.4, 0.5) is 28.8 Å². The maximum absolute atomic E-state index is 13.8. The molecule has 0 radical (unpaired) electrons. The summed E-state index contributed by atoms with van der Waals surface area (Å²) >= 11 is 3.65. The number of nitrogens with zero attached hydrogens (tertiary/aromatic N) is 7. The van der Waals surface area contributed by atoms with Crippen LogP contribution in [0.15, 0.2) is 68.4 Å². The zero-order valence-electron chi connectivity index (χ0n) is 41.1. The van der Waals surface area contributed by atoms with Crippen molar-refractivity contribution in [3.63, 3.8) is 0 Å². The first-order valence-corrected chi connectivity index (χ1v) is 28.1. The molecular formula is C52H64BrN10O6P. The zero-order valence-corrected chi connectivity index (χ0v) is 43.6. The summed E-state index contributed by atoms with van der Waals surface area (Å²) in [6, 6.07) is 16.0. The van der Waals surface area contributed by atoms with Gasteiger partial charge in [0, 0.05) is 86.1 Å². The summed E-state index contributed by atoms with van der Waals surface area (Å²) in [5.74, 6) is 0.340. The number of anilines is 5. The van der Waals surface area contributed by atoms with Crippen molar-refractivity contribution in [2.45, 2.75) is 91.1 Å². The van der Waals surface area contributed by atoms with Crippen molar-refractivity contribution in [3.05, 3.63) is 92.1 Å². The molecule has 3 aromatic heterocycles. The highest BCUT2D eigenvalue weighted by Crippen LogP contribution is 2.43. The Morgan fingerprint density at radius 3 is 2.39 bits per heavy atom. The minimum absolute atomic E-state index is 0.191. The number of oxazole rings is 1. The summed E-state index contributed by atoms with van der Waals surface area (Å²) in [7, 11) is -2.74. The summed E-state index contributed by atoms with van der Waals surface area (Å²) in [5.41, 5.74) is 8.85. The minimum Gasteiger partial charge on any atom is -0.492 e. The number of pyridine rings is 1. The average Bonchev–Trinajstić information content (AvgIpc) is 3.67. The van der Waals surface area contributed by atoms with Gasteiger partial charge in [0.2, 0.25) is 17.8 Å². The Labute approximate surface area is 417 Å². The van der Waals surface area contributed by atoms with E-state index in [1.165, 1.54) is 15.8 Å². The molecule has 0 aliphatic carbocycles. The van der Waals surface area contributed by atoms with E-state index >= 15 is 0 Å². The van der Waals surface area contributed by atoms with Crippen molar-refractivity contribution < 1.29 is 23.3 Å². The second kappa shape index (κ2) is 21.0. The van der Waals surface area contributed by atoms with Crippen molar-refractivity contribution in [2.24, 2.45) is 0 Å². The van der Waals surface area contributed by atoms with Crippen LogP contribution in [0.3, 0.4) is 0 Å². The highest BCUT2D eigenvalue weighted by atomic mass is 79.9. The third-order valence-corrected chi connectivity index (χ3v) is 16.2. The largest absolute Gasteiger partial charge is 0.492 e. The van der Waals surface area contributed by atoms with E-state index in [0.717, 1.165) is 129 Å². The maximum atomic E-state index is 13.8. The molecule has 3 fully saturated rings. The number of ether oxygens (including phenoxy) is 1. The van der Waals surface area contributed by atoms with Gasteiger partial charge in [-0.3, -0.25) is 29.4 Å². The Bertz CT molecular complexity index is 3040. The molecule has 6 heterocycles. The van der Waals surface area contributed by atoms with Crippen LogP contribution in [0.5, 0.6) is 5.75 Å². The molecule has 0 bridgehead atoms. The molecule has 6 aromatic rings. The van der Waals surface area contributed by atoms with E-state index in [-0.39, 0.29) is 18.7 Å². The first-order valence-electron chi connectivity index (χ1n) is 24.7. The Balaban J connectivity index is 0.810. The van der Waals surface area contributed by atoms with E-state index in [2.05, 4.69) is 83.6 Å². The molecule has 18 heteroatoms. The Hall–Kier alpha value is -5.61. The van der Waals surface area contributed by atoms with Gasteiger partial charge in [0.05, 0.1) is 33.5 Å². The maximum Gasteiger partial charge on any atom is 0.420 e. The number of nitrogens with one attached hydrogen (secondary N) is 3. The minimum atomic E-state index is -2.74. The van der Waals surface area contributed by atoms with Crippen LogP contribution < -0.4 is 36.6 Å². The number of piperazine rings is 1. The highest BCUT2D eigenvalue weighted by Gasteiger charge is 2.33. The summed E-state index contributed by atoms with van der Waals surface area (Å²) in [6.45, 7) is 19.3. The summed E-state index contributed by atoms with van der Waals surface area (Å²) in [4.78, 5) is 59.5. The van der Waals surface area contributed by atoms with E-state index in [4.69, 9.17) is 19.1 Å². The molecule has 3 N–H and O–H groups in total. The monoisotopic (exact) mass is 1030 g/mol. The third-order valence-electron chi connectivity index (χ3n) is 14.0. The van der Waals surface area contributed by atoms with Gasteiger partial charge in [0.1, 0.15) is 24.8 Å². The van der Waals surface area contributed by atoms with E-state index < -0.39 is 24.8 Å². The molecule has 0 spiro atoms. The first kappa shape index (κ1) is 49.4. The van der Waals surface area contributed by atoms with E-state index in [0.29, 0.717) is 45.7 Å². The molecule has 2 amide bonds. The molecule has 370 valence electrons. The smallest absolute Gasteiger partial charge is 0.420 e. The summed E-state index contributed by atoms with van der Waals surface area (Å²) in [5, 5.41) is 10.9. The lowest BCUT2D eigenvalue weighted by molar-refractivity contribution is -0.135.